The van der Waals surface area contributed by atoms with Crippen molar-refractivity contribution in [2.45, 2.75) is 32.3 Å². The van der Waals surface area contributed by atoms with Gasteiger partial charge in [0.05, 0.1) is 0 Å². The van der Waals surface area contributed by atoms with Crippen LogP contribution >= 0.6 is 0 Å². The first kappa shape index (κ1) is 12.0. The van der Waals surface area contributed by atoms with Gasteiger partial charge in [0.1, 0.15) is 23.2 Å². The average Bonchev–Trinajstić information content (AvgIpc) is 2.74. The molecule has 1 aromatic heterocycles. The molecule has 0 N–H and O–H groups in total. The number of ketones is 1. The van der Waals surface area contributed by atoms with E-state index in [1.54, 1.807) is 6.07 Å². The molecule has 0 bridgehead atoms. The van der Waals surface area contributed by atoms with Gasteiger partial charge in [0.15, 0.2) is 0 Å². The van der Waals surface area contributed by atoms with E-state index in [-0.39, 0.29) is 17.5 Å². The largest absolute Gasteiger partial charge is 0.490 e. The van der Waals surface area contributed by atoms with Crippen LogP contribution in [-0.2, 0) is 4.79 Å². The van der Waals surface area contributed by atoms with Crippen molar-refractivity contribution >= 4 is 16.8 Å². The zero-order valence-corrected chi connectivity index (χ0v) is 10.6. The minimum Gasteiger partial charge on any atom is -0.490 e. The number of Topliss-reactive ketones (excluding diaryl/α,β-unsaturated/α-hetero) is 1. The SMILES string of the molecule is Cc1cc(=O)oc2cc(OC3CCC(=O)C3)ccc12. The number of carbonyl (C=O) groups is 1. The highest BCUT2D eigenvalue weighted by atomic mass is 16.5. The molecule has 1 aliphatic carbocycles. The fraction of sp³-hybridized carbons (Fsp3) is 0.333. The lowest BCUT2D eigenvalue weighted by Crippen LogP contribution is -2.12. The lowest BCUT2D eigenvalue weighted by Gasteiger charge is -2.12. The number of aryl methyl sites for hydroxylation is 1. The molecule has 1 heterocycles. The van der Waals surface area contributed by atoms with Gasteiger partial charge in [-0.3, -0.25) is 4.79 Å². The van der Waals surface area contributed by atoms with E-state index >= 15 is 0 Å². The molecule has 0 saturated heterocycles. The van der Waals surface area contributed by atoms with E-state index in [1.807, 2.05) is 19.1 Å². The second-order valence-electron chi connectivity index (χ2n) is 4.93. The highest BCUT2D eigenvalue weighted by Gasteiger charge is 2.23. The predicted octanol–water partition coefficient (Wildman–Crippen LogP) is 2.60. The Morgan fingerprint density at radius 3 is 2.84 bits per heavy atom. The summed E-state index contributed by atoms with van der Waals surface area (Å²) in [4.78, 5) is 22.6. The predicted molar refractivity (Wildman–Crippen MR) is 70.5 cm³/mol. The maximum Gasteiger partial charge on any atom is 0.336 e. The Morgan fingerprint density at radius 2 is 2.11 bits per heavy atom. The summed E-state index contributed by atoms with van der Waals surface area (Å²) < 4.78 is 10.9. The van der Waals surface area contributed by atoms with Crippen molar-refractivity contribution in [2.75, 3.05) is 0 Å². The highest BCUT2D eigenvalue weighted by molar-refractivity contribution is 5.82. The molecule has 0 aliphatic heterocycles. The van der Waals surface area contributed by atoms with Crippen molar-refractivity contribution in [1.82, 2.24) is 0 Å². The minimum atomic E-state index is -0.363. The number of hydrogen-bond acceptors (Lipinski definition) is 4. The number of ether oxygens (including phenoxy) is 1. The standard InChI is InChI=1S/C15H14O4/c1-9-6-15(17)19-14-8-12(4-5-13(9)14)18-11-3-2-10(16)7-11/h4-6,8,11H,2-3,7H2,1H3. The van der Waals surface area contributed by atoms with E-state index in [2.05, 4.69) is 0 Å². The molecular formula is C15H14O4. The molecule has 1 atom stereocenters. The van der Waals surface area contributed by atoms with Crippen LogP contribution in [0.25, 0.3) is 11.0 Å². The van der Waals surface area contributed by atoms with Gasteiger partial charge in [-0.1, -0.05) is 0 Å². The van der Waals surface area contributed by atoms with E-state index in [0.29, 0.717) is 24.2 Å². The normalized spacial score (nSPS) is 19.0. The quantitative estimate of drug-likeness (QED) is 0.777. The van der Waals surface area contributed by atoms with Crippen LogP contribution < -0.4 is 10.4 Å². The summed E-state index contributed by atoms with van der Waals surface area (Å²) in [5.41, 5.74) is 1.04. The van der Waals surface area contributed by atoms with Gasteiger partial charge in [0.2, 0.25) is 0 Å². The zero-order chi connectivity index (χ0) is 13.4. The van der Waals surface area contributed by atoms with E-state index in [4.69, 9.17) is 9.15 Å². The number of carbonyl (C=O) groups excluding carboxylic acids is 1. The van der Waals surface area contributed by atoms with Gasteiger partial charge in [-0.15, -0.1) is 0 Å². The van der Waals surface area contributed by atoms with Crippen LogP contribution in [0, 0.1) is 6.92 Å². The van der Waals surface area contributed by atoms with Gasteiger partial charge >= 0.3 is 5.63 Å². The van der Waals surface area contributed by atoms with Gasteiger partial charge in [-0.2, -0.15) is 0 Å². The van der Waals surface area contributed by atoms with Crippen LogP contribution in [0.3, 0.4) is 0 Å². The van der Waals surface area contributed by atoms with Gasteiger partial charge < -0.3 is 9.15 Å². The summed E-state index contributed by atoms with van der Waals surface area (Å²) in [6.07, 6.45) is 1.76. The molecule has 3 rings (SSSR count). The first-order valence-electron chi connectivity index (χ1n) is 6.35. The fourth-order valence-corrected chi connectivity index (χ4v) is 2.45. The molecule has 2 aromatic rings. The smallest absolute Gasteiger partial charge is 0.336 e. The molecule has 1 aliphatic rings. The minimum absolute atomic E-state index is 0.0542. The fourth-order valence-electron chi connectivity index (χ4n) is 2.45. The molecule has 1 fully saturated rings. The Bertz CT molecular complexity index is 699. The topological polar surface area (TPSA) is 56.5 Å². The van der Waals surface area contributed by atoms with E-state index in [9.17, 15) is 9.59 Å². The summed E-state index contributed by atoms with van der Waals surface area (Å²) >= 11 is 0. The molecule has 4 nitrogen and oxygen atoms in total. The first-order valence-corrected chi connectivity index (χ1v) is 6.35. The summed E-state index contributed by atoms with van der Waals surface area (Å²) in [5, 5.41) is 0.898. The Kier molecular flexibility index (Phi) is 2.85. The van der Waals surface area contributed by atoms with E-state index < -0.39 is 0 Å². The van der Waals surface area contributed by atoms with Gasteiger partial charge in [0.25, 0.3) is 0 Å². The van der Waals surface area contributed by atoms with Crippen molar-refractivity contribution in [1.29, 1.82) is 0 Å². The van der Waals surface area contributed by atoms with Crippen LogP contribution in [0.1, 0.15) is 24.8 Å². The third kappa shape index (κ3) is 2.38. The lowest BCUT2D eigenvalue weighted by atomic mass is 10.1. The van der Waals surface area contributed by atoms with Gasteiger partial charge in [-0.05, 0) is 31.0 Å². The number of hydrogen-bond donors (Lipinski definition) is 0. The maximum absolute atomic E-state index is 11.4. The molecule has 0 spiro atoms. The summed E-state index contributed by atoms with van der Waals surface area (Å²) in [6, 6.07) is 6.91. The maximum atomic E-state index is 11.4. The molecule has 98 valence electrons. The average molecular weight is 258 g/mol. The number of rotatable bonds is 2. The Balaban J connectivity index is 1.93. The zero-order valence-electron chi connectivity index (χ0n) is 10.6. The second kappa shape index (κ2) is 4.53. The van der Waals surface area contributed by atoms with Gasteiger partial charge in [0, 0.05) is 30.4 Å². The molecular weight excluding hydrogens is 244 g/mol. The molecule has 1 saturated carbocycles. The summed E-state index contributed by atoms with van der Waals surface area (Å²) in [7, 11) is 0. The molecule has 1 aromatic carbocycles. The van der Waals surface area contributed by atoms with Crippen molar-refractivity contribution < 1.29 is 13.9 Å². The van der Waals surface area contributed by atoms with Crippen LogP contribution in [0.5, 0.6) is 5.75 Å². The molecule has 1 unspecified atom stereocenters. The lowest BCUT2D eigenvalue weighted by molar-refractivity contribution is -0.117. The summed E-state index contributed by atoms with van der Waals surface area (Å²) in [6.45, 7) is 1.87. The van der Waals surface area contributed by atoms with Crippen molar-refractivity contribution in [3.8, 4) is 5.75 Å². The molecule has 4 heteroatoms. The third-order valence-corrected chi connectivity index (χ3v) is 3.43. The number of benzene rings is 1. The molecule has 19 heavy (non-hydrogen) atoms. The highest BCUT2D eigenvalue weighted by Crippen LogP contribution is 2.26. The van der Waals surface area contributed by atoms with Crippen LogP contribution in [0.15, 0.2) is 33.5 Å². The summed E-state index contributed by atoms with van der Waals surface area (Å²) in [5.74, 6) is 0.883. The van der Waals surface area contributed by atoms with E-state index in [0.717, 1.165) is 17.4 Å². The van der Waals surface area contributed by atoms with Crippen molar-refractivity contribution in [3.05, 3.63) is 40.2 Å². The van der Waals surface area contributed by atoms with Crippen LogP contribution in [0.2, 0.25) is 0 Å². The monoisotopic (exact) mass is 258 g/mol. The van der Waals surface area contributed by atoms with Crippen LogP contribution in [0.4, 0.5) is 0 Å². The Hall–Kier alpha value is -2.10. The Morgan fingerprint density at radius 1 is 1.26 bits per heavy atom. The molecule has 0 amide bonds. The van der Waals surface area contributed by atoms with Crippen LogP contribution in [-0.4, -0.2) is 11.9 Å². The molecule has 0 radical (unpaired) electrons. The number of fused-ring (bicyclic) bond motifs is 1. The third-order valence-electron chi connectivity index (χ3n) is 3.43. The Labute approximate surface area is 110 Å². The van der Waals surface area contributed by atoms with Gasteiger partial charge in [-0.25, -0.2) is 4.79 Å². The second-order valence-corrected chi connectivity index (χ2v) is 4.93. The van der Waals surface area contributed by atoms with Crippen molar-refractivity contribution in [2.24, 2.45) is 0 Å². The van der Waals surface area contributed by atoms with Crippen molar-refractivity contribution in [3.63, 3.8) is 0 Å². The van der Waals surface area contributed by atoms with E-state index in [1.165, 1.54) is 6.07 Å². The first-order chi connectivity index (χ1) is 9.11.